The SMILES string of the molecule is CCC(CC)(CN)NS(=O)(=O)c1cc(Br)ccc1F. The number of benzene rings is 1. The topological polar surface area (TPSA) is 72.2 Å². The van der Waals surface area contributed by atoms with Crippen molar-refractivity contribution in [3.05, 3.63) is 28.5 Å². The van der Waals surface area contributed by atoms with Gasteiger partial charge in [0.1, 0.15) is 10.7 Å². The summed E-state index contributed by atoms with van der Waals surface area (Å²) in [6.07, 6.45) is 1.07. The van der Waals surface area contributed by atoms with Crippen molar-refractivity contribution in [1.29, 1.82) is 0 Å². The lowest BCUT2D eigenvalue weighted by Crippen LogP contribution is -2.52. The molecular weight excluding hydrogens is 335 g/mol. The van der Waals surface area contributed by atoms with Crippen molar-refractivity contribution in [2.45, 2.75) is 37.1 Å². The Hall–Kier alpha value is -0.500. The third kappa shape index (κ3) is 3.75. The van der Waals surface area contributed by atoms with Crippen molar-refractivity contribution in [2.75, 3.05) is 6.54 Å². The van der Waals surface area contributed by atoms with Gasteiger partial charge in [0.05, 0.1) is 0 Å². The molecule has 7 heteroatoms. The third-order valence-corrected chi connectivity index (χ3v) is 5.36. The zero-order valence-corrected chi connectivity index (χ0v) is 13.3. The summed E-state index contributed by atoms with van der Waals surface area (Å²) in [6.45, 7) is 3.85. The predicted molar refractivity (Wildman–Crippen MR) is 76.8 cm³/mol. The molecule has 0 aliphatic heterocycles. The monoisotopic (exact) mass is 352 g/mol. The Morgan fingerprint density at radius 1 is 1.37 bits per heavy atom. The zero-order chi connectivity index (χ0) is 14.7. The Kier molecular flexibility index (Phi) is 5.49. The van der Waals surface area contributed by atoms with E-state index in [-0.39, 0.29) is 11.4 Å². The normalized spacial score (nSPS) is 12.7. The summed E-state index contributed by atoms with van der Waals surface area (Å²) >= 11 is 3.14. The average molecular weight is 353 g/mol. The van der Waals surface area contributed by atoms with Gasteiger partial charge in [0.2, 0.25) is 10.0 Å². The van der Waals surface area contributed by atoms with E-state index in [4.69, 9.17) is 5.73 Å². The molecule has 19 heavy (non-hydrogen) atoms. The number of hydrogen-bond acceptors (Lipinski definition) is 3. The highest BCUT2D eigenvalue weighted by atomic mass is 79.9. The minimum Gasteiger partial charge on any atom is -0.329 e. The molecule has 108 valence electrons. The van der Waals surface area contributed by atoms with Crippen LogP contribution in [0.25, 0.3) is 0 Å². The van der Waals surface area contributed by atoms with E-state index in [1.165, 1.54) is 12.1 Å². The number of nitrogens with two attached hydrogens (primary N) is 1. The fraction of sp³-hybridized carbons (Fsp3) is 0.500. The van der Waals surface area contributed by atoms with Crippen LogP contribution < -0.4 is 10.5 Å². The van der Waals surface area contributed by atoms with Crippen molar-refractivity contribution in [2.24, 2.45) is 5.73 Å². The second-order valence-corrected chi connectivity index (χ2v) is 6.94. The molecule has 4 nitrogen and oxygen atoms in total. The van der Waals surface area contributed by atoms with Gasteiger partial charge in [0, 0.05) is 16.6 Å². The molecule has 0 aromatic heterocycles. The van der Waals surface area contributed by atoms with Gasteiger partial charge in [-0.05, 0) is 31.0 Å². The number of sulfonamides is 1. The van der Waals surface area contributed by atoms with Crippen molar-refractivity contribution < 1.29 is 12.8 Å². The van der Waals surface area contributed by atoms with Crippen molar-refractivity contribution in [3.63, 3.8) is 0 Å². The second kappa shape index (κ2) is 6.30. The number of hydrogen-bond donors (Lipinski definition) is 2. The minimum atomic E-state index is -3.94. The van der Waals surface area contributed by atoms with Crippen molar-refractivity contribution in [1.82, 2.24) is 4.72 Å². The van der Waals surface area contributed by atoms with Gasteiger partial charge >= 0.3 is 0 Å². The molecule has 1 aromatic carbocycles. The molecule has 1 aromatic rings. The van der Waals surface area contributed by atoms with Crippen LogP contribution >= 0.6 is 15.9 Å². The quantitative estimate of drug-likeness (QED) is 0.825. The maximum atomic E-state index is 13.7. The lowest BCUT2D eigenvalue weighted by Gasteiger charge is -2.31. The minimum absolute atomic E-state index is 0.162. The lowest BCUT2D eigenvalue weighted by molar-refractivity contribution is 0.362. The van der Waals surface area contributed by atoms with Gasteiger partial charge in [-0.25, -0.2) is 17.5 Å². The first-order valence-electron chi connectivity index (χ1n) is 5.99. The molecule has 0 heterocycles. The van der Waals surface area contributed by atoms with E-state index in [1.54, 1.807) is 0 Å². The standard InChI is InChI=1S/C12H18BrFN2O2S/c1-3-12(4-2,8-15)16-19(17,18)11-7-9(13)5-6-10(11)14/h5-7,16H,3-4,8,15H2,1-2H3. The maximum Gasteiger partial charge on any atom is 0.244 e. The molecule has 0 saturated heterocycles. The van der Waals surface area contributed by atoms with Gasteiger partial charge in [0.25, 0.3) is 0 Å². The van der Waals surface area contributed by atoms with Gasteiger partial charge < -0.3 is 5.73 Å². The number of rotatable bonds is 6. The van der Waals surface area contributed by atoms with Crippen LogP contribution in [0.2, 0.25) is 0 Å². The first kappa shape index (κ1) is 16.6. The summed E-state index contributed by atoms with van der Waals surface area (Å²) in [5.74, 6) is -0.783. The number of halogens is 2. The van der Waals surface area contributed by atoms with Gasteiger partial charge in [-0.15, -0.1) is 0 Å². The molecular formula is C12H18BrFN2O2S. The van der Waals surface area contributed by atoms with Gasteiger partial charge in [-0.1, -0.05) is 29.8 Å². The Balaban J connectivity index is 3.21. The molecule has 0 atom stereocenters. The van der Waals surface area contributed by atoms with Crippen LogP contribution in [-0.2, 0) is 10.0 Å². The Morgan fingerprint density at radius 3 is 2.42 bits per heavy atom. The maximum absolute atomic E-state index is 13.7. The fourth-order valence-corrected chi connectivity index (χ4v) is 3.92. The highest BCUT2D eigenvalue weighted by Gasteiger charge is 2.32. The Morgan fingerprint density at radius 2 is 1.95 bits per heavy atom. The molecule has 0 bridgehead atoms. The predicted octanol–water partition coefficient (Wildman–Crippen LogP) is 2.38. The molecule has 0 aliphatic rings. The lowest BCUT2D eigenvalue weighted by atomic mass is 9.95. The van der Waals surface area contributed by atoms with Crippen molar-refractivity contribution >= 4 is 26.0 Å². The fourth-order valence-electron chi connectivity index (χ4n) is 1.75. The van der Waals surface area contributed by atoms with E-state index >= 15 is 0 Å². The van der Waals surface area contributed by atoms with Crippen LogP contribution in [0, 0.1) is 5.82 Å². The summed E-state index contributed by atoms with van der Waals surface area (Å²) in [7, 11) is -3.94. The van der Waals surface area contributed by atoms with E-state index in [0.29, 0.717) is 17.3 Å². The zero-order valence-electron chi connectivity index (χ0n) is 10.9. The molecule has 0 amide bonds. The van der Waals surface area contributed by atoms with Crippen LogP contribution in [0.3, 0.4) is 0 Å². The average Bonchev–Trinajstić information content (AvgIpc) is 2.39. The summed E-state index contributed by atoms with van der Waals surface area (Å²) in [5, 5.41) is 0. The molecule has 0 fully saturated rings. The summed E-state index contributed by atoms with van der Waals surface area (Å²) in [5.41, 5.74) is 4.91. The summed E-state index contributed by atoms with van der Waals surface area (Å²) < 4.78 is 41.2. The van der Waals surface area contributed by atoms with Crippen LogP contribution in [-0.4, -0.2) is 20.5 Å². The van der Waals surface area contributed by atoms with Gasteiger partial charge in [-0.2, -0.15) is 0 Å². The first-order valence-corrected chi connectivity index (χ1v) is 8.27. The van der Waals surface area contributed by atoms with Gasteiger partial charge in [-0.3, -0.25) is 0 Å². The molecule has 3 N–H and O–H groups in total. The molecule has 1 rings (SSSR count). The Labute approximate surface area is 121 Å². The first-order chi connectivity index (χ1) is 8.80. The van der Waals surface area contributed by atoms with Crippen LogP contribution in [0.5, 0.6) is 0 Å². The highest BCUT2D eigenvalue weighted by Crippen LogP contribution is 2.23. The van der Waals surface area contributed by atoms with Crippen molar-refractivity contribution in [3.8, 4) is 0 Å². The summed E-state index contributed by atoms with van der Waals surface area (Å²) in [6, 6.07) is 3.80. The Bertz CT molecular complexity index is 536. The van der Waals surface area contributed by atoms with Crippen LogP contribution in [0.15, 0.2) is 27.6 Å². The van der Waals surface area contributed by atoms with E-state index in [0.717, 1.165) is 6.07 Å². The molecule has 0 aliphatic carbocycles. The van der Waals surface area contributed by atoms with E-state index < -0.39 is 21.4 Å². The van der Waals surface area contributed by atoms with Crippen LogP contribution in [0.4, 0.5) is 4.39 Å². The molecule has 0 spiro atoms. The van der Waals surface area contributed by atoms with E-state index in [9.17, 15) is 12.8 Å². The summed E-state index contributed by atoms with van der Waals surface area (Å²) in [4.78, 5) is -0.374. The highest BCUT2D eigenvalue weighted by molar-refractivity contribution is 9.10. The van der Waals surface area contributed by atoms with Gasteiger partial charge in [0.15, 0.2) is 0 Å². The smallest absolute Gasteiger partial charge is 0.244 e. The molecule has 0 radical (unpaired) electrons. The largest absolute Gasteiger partial charge is 0.329 e. The van der Waals surface area contributed by atoms with Crippen LogP contribution in [0.1, 0.15) is 26.7 Å². The molecule has 0 unspecified atom stereocenters. The molecule has 0 saturated carbocycles. The second-order valence-electron chi connectivity index (χ2n) is 4.37. The number of nitrogens with one attached hydrogen (secondary N) is 1. The van der Waals surface area contributed by atoms with E-state index in [1.807, 2.05) is 13.8 Å². The third-order valence-electron chi connectivity index (χ3n) is 3.28. The van der Waals surface area contributed by atoms with E-state index in [2.05, 4.69) is 20.7 Å².